The maximum atomic E-state index is 6.05. The predicted octanol–water partition coefficient (Wildman–Crippen LogP) is 3.17. The van der Waals surface area contributed by atoms with Gasteiger partial charge >= 0.3 is 0 Å². The van der Waals surface area contributed by atoms with Crippen molar-refractivity contribution >= 4 is 22.6 Å². The molecule has 2 aromatic heterocycles. The van der Waals surface area contributed by atoms with Crippen LogP contribution in [0.2, 0.25) is 0 Å². The molecule has 1 aromatic carbocycles. The Labute approximate surface area is 123 Å². The average molecular weight is 289 g/mol. The third-order valence-electron chi connectivity index (χ3n) is 3.55. The Kier molecular flexibility index (Phi) is 3.26. The van der Waals surface area contributed by atoms with Gasteiger partial charge in [-0.15, -0.1) is 11.6 Å². The number of benzene rings is 1. The summed E-state index contributed by atoms with van der Waals surface area (Å²) < 4.78 is 4.01. The van der Waals surface area contributed by atoms with Gasteiger partial charge in [0.2, 0.25) is 0 Å². The van der Waals surface area contributed by atoms with Crippen molar-refractivity contribution < 1.29 is 0 Å². The van der Waals surface area contributed by atoms with E-state index in [1.54, 1.807) is 0 Å². The first-order valence-corrected chi connectivity index (χ1v) is 7.13. The zero-order valence-corrected chi connectivity index (χ0v) is 12.6. The van der Waals surface area contributed by atoms with Crippen LogP contribution in [0.15, 0.2) is 24.4 Å². The van der Waals surface area contributed by atoms with Crippen LogP contribution in [0.5, 0.6) is 0 Å². The van der Waals surface area contributed by atoms with Gasteiger partial charge in [0.25, 0.3) is 0 Å². The molecule has 20 heavy (non-hydrogen) atoms. The average Bonchev–Trinajstić information content (AvgIpc) is 2.90. The molecule has 3 rings (SSSR count). The Morgan fingerprint density at radius 3 is 2.70 bits per heavy atom. The standard InChI is InChI=1S/C15H17ClN4/c1-10-4-5-14-13(6-10)17-15(7-16)20(14)9-12-8-19(3)18-11(12)2/h4-6,8H,7,9H2,1-3H3. The number of hydrogen-bond acceptors (Lipinski definition) is 2. The second kappa shape index (κ2) is 4.94. The molecule has 0 radical (unpaired) electrons. The van der Waals surface area contributed by atoms with Crippen LogP contribution in [-0.4, -0.2) is 19.3 Å². The number of nitrogens with zero attached hydrogens (tertiary/aromatic N) is 4. The minimum absolute atomic E-state index is 0.410. The second-order valence-electron chi connectivity index (χ2n) is 5.15. The molecule has 0 aliphatic carbocycles. The van der Waals surface area contributed by atoms with Crippen LogP contribution in [0, 0.1) is 13.8 Å². The maximum absolute atomic E-state index is 6.05. The molecule has 0 fully saturated rings. The fraction of sp³-hybridized carbons (Fsp3) is 0.333. The van der Waals surface area contributed by atoms with E-state index in [-0.39, 0.29) is 0 Å². The van der Waals surface area contributed by atoms with Crippen molar-refractivity contribution in [2.45, 2.75) is 26.3 Å². The molecule has 4 nitrogen and oxygen atoms in total. The number of aromatic nitrogens is 4. The van der Waals surface area contributed by atoms with E-state index in [1.165, 1.54) is 11.1 Å². The molecule has 0 aliphatic rings. The summed E-state index contributed by atoms with van der Waals surface area (Å²) in [5.41, 5.74) is 5.57. The van der Waals surface area contributed by atoms with E-state index in [2.05, 4.69) is 39.8 Å². The molecule has 2 heterocycles. The Balaban J connectivity index is 2.12. The molecule has 0 atom stereocenters. The third-order valence-corrected chi connectivity index (χ3v) is 3.78. The quantitative estimate of drug-likeness (QED) is 0.694. The van der Waals surface area contributed by atoms with Gasteiger partial charge in [0.05, 0.1) is 29.2 Å². The number of alkyl halides is 1. The van der Waals surface area contributed by atoms with Crippen LogP contribution in [-0.2, 0) is 19.5 Å². The van der Waals surface area contributed by atoms with Crippen molar-refractivity contribution in [1.29, 1.82) is 0 Å². The molecule has 104 valence electrons. The van der Waals surface area contributed by atoms with Gasteiger partial charge in [-0.3, -0.25) is 4.68 Å². The summed E-state index contributed by atoms with van der Waals surface area (Å²) in [7, 11) is 1.94. The van der Waals surface area contributed by atoms with E-state index in [1.807, 2.05) is 24.9 Å². The van der Waals surface area contributed by atoms with Crippen molar-refractivity contribution in [3.05, 3.63) is 47.0 Å². The van der Waals surface area contributed by atoms with Gasteiger partial charge in [-0.2, -0.15) is 5.10 Å². The smallest absolute Gasteiger partial charge is 0.125 e. The molecule has 0 spiro atoms. The van der Waals surface area contributed by atoms with Crippen LogP contribution in [0.25, 0.3) is 11.0 Å². The lowest BCUT2D eigenvalue weighted by Crippen LogP contribution is -2.04. The topological polar surface area (TPSA) is 35.6 Å². The van der Waals surface area contributed by atoms with E-state index < -0.39 is 0 Å². The molecular formula is C15H17ClN4. The first kappa shape index (κ1) is 13.2. The summed E-state index contributed by atoms with van der Waals surface area (Å²) in [5, 5.41) is 4.39. The molecule has 0 amide bonds. The van der Waals surface area contributed by atoms with Crippen molar-refractivity contribution in [1.82, 2.24) is 19.3 Å². The third kappa shape index (κ3) is 2.20. The van der Waals surface area contributed by atoms with E-state index >= 15 is 0 Å². The number of hydrogen-bond donors (Lipinski definition) is 0. The summed E-state index contributed by atoms with van der Waals surface area (Å²) in [5.74, 6) is 1.31. The zero-order valence-electron chi connectivity index (χ0n) is 11.9. The molecule has 0 bridgehead atoms. The Morgan fingerprint density at radius 2 is 2.05 bits per heavy atom. The SMILES string of the molecule is Cc1ccc2c(c1)nc(CCl)n2Cc1cn(C)nc1C. The number of aryl methyl sites for hydroxylation is 3. The first-order valence-electron chi connectivity index (χ1n) is 6.59. The summed E-state index contributed by atoms with van der Waals surface area (Å²) in [6.07, 6.45) is 2.05. The highest BCUT2D eigenvalue weighted by Crippen LogP contribution is 2.21. The van der Waals surface area contributed by atoms with Gasteiger partial charge in [0, 0.05) is 18.8 Å². The summed E-state index contributed by atoms with van der Waals surface area (Å²) in [4.78, 5) is 4.63. The molecule has 0 aliphatic heterocycles. The minimum Gasteiger partial charge on any atom is -0.322 e. The summed E-state index contributed by atoms with van der Waals surface area (Å²) in [6, 6.07) is 6.31. The number of rotatable bonds is 3. The van der Waals surface area contributed by atoms with Crippen LogP contribution in [0.1, 0.15) is 22.6 Å². The summed E-state index contributed by atoms with van der Waals surface area (Å²) in [6.45, 7) is 4.85. The van der Waals surface area contributed by atoms with Gasteiger partial charge in [-0.05, 0) is 31.5 Å². The normalized spacial score (nSPS) is 11.4. The molecule has 0 unspecified atom stereocenters. The fourth-order valence-corrected chi connectivity index (χ4v) is 2.75. The van der Waals surface area contributed by atoms with Gasteiger partial charge < -0.3 is 4.57 Å². The fourth-order valence-electron chi connectivity index (χ4n) is 2.54. The van der Waals surface area contributed by atoms with Crippen LogP contribution < -0.4 is 0 Å². The molecule has 3 aromatic rings. The van der Waals surface area contributed by atoms with Gasteiger partial charge in [0.1, 0.15) is 5.82 Å². The first-order chi connectivity index (χ1) is 9.58. The van der Waals surface area contributed by atoms with Gasteiger partial charge in [0.15, 0.2) is 0 Å². The van der Waals surface area contributed by atoms with E-state index in [0.717, 1.165) is 29.1 Å². The van der Waals surface area contributed by atoms with Gasteiger partial charge in [-0.25, -0.2) is 4.98 Å². The Bertz CT molecular complexity index is 770. The molecular weight excluding hydrogens is 272 g/mol. The molecule has 5 heteroatoms. The van der Waals surface area contributed by atoms with Crippen LogP contribution >= 0.6 is 11.6 Å². The van der Waals surface area contributed by atoms with E-state index in [4.69, 9.17) is 11.6 Å². The molecule has 0 N–H and O–H groups in total. The highest BCUT2D eigenvalue weighted by atomic mass is 35.5. The lowest BCUT2D eigenvalue weighted by Gasteiger charge is -2.07. The lowest BCUT2D eigenvalue weighted by atomic mass is 10.2. The Hall–Kier alpha value is -1.81. The molecule has 0 saturated heterocycles. The zero-order chi connectivity index (χ0) is 14.3. The van der Waals surface area contributed by atoms with Crippen molar-refractivity contribution in [2.75, 3.05) is 0 Å². The largest absolute Gasteiger partial charge is 0.322 e. The van der Waals surface area contributed by atoms with Crippen LogP contribution in [0.3, 0.4) is 0 Å². The number of imidazole rings is 1. The number of halogens is 1. The van der Waals surface area contributed by atoms with E-state index in [9.17, 15) is 0 Å². The maximum Gasteiger partial charge on any atom is 0.125 e. The highest BCUT2D eigenvalue weighted by molar-refractivity contribution is 6.16. The second-order valence-corrected chi connectivity index (χ2v) is 5.42. The van der Waals surface area contributed by atoms with Crippen molar-refractivity contribution in [3.63, 3.8) is 0 Å². The van der Waals surface area contributed by atoms with Crippen molar-refractivity contribution in [3.8, 4) is 0 Å². The minimum atomic E-state index is 0.410. The summed E-state index contributed by atoms with van der Waals surface area (Å²) >= 11 is 6.05. The lowest BCUT2D eigenvalue weighted by molar-refractivity contribution is 0.754. The highest BCUT2D eigenvalue weighted by Gasteiger charge is 2.12. The van der Waals surface area contributed by atoms with Crippen molar-refractivity contribution in [2.24, 2.45) is 7.05 Å². The number of fused-ring (bicyclic) bond motifs is 1. The van der Waals surface area contributed by atoms with E-state index in [0.29, 0.717) is 5.88 Å². The predicted molar refractivity (Wildman–Crippen MR) is 81.1 cm³/mol. The van der Waals surface area contributed by atoms with Gasteiger partial charge in [-0.1, -0.05) is 6.07 Å². The Morgan fingerprint density at radius 1 is 1.25 bits per heavy atom. The monoisotopic (exact) mass is 288 g/mol. The van der Waals surface area contributed by atoms with Crippen LogP contribution in [0.4, 0.5) is 0 Å². The molecule has 0 saturated carbocycles.